The van der Waals surface area contributed by atoms with E-state index in [1.165, 1.54) is 0 Å². The molecule has 0 heterocycles. The smallest absolute Gasteiger partial charge is 0.0992 e. The van der Waals surface area contributed by atoms with Gasteiger partial charge in [-0.25, -0.2) is 0 Å². The monoisotopic (exact) mass is 218 g/mol. The molecule has 86 valence electrons. The summed E-state index contributed by atoms with van der Waals surface area (Å²) in [7, 11) is 0. The van der Waals surface area contributed by atoms with E-state index in [-0.39, 0.29) is 12.5 Å². The highest BCUT2D eigenvalue weighted by atomic mass is 16.3. The summed E-state index contributed by atoms with van der Waals surface area (Å²) in [5, 5.41) is 21.2. The first kappa shape index (κ1) is 12.5. The molecular formula is C13H18N2O. The molecule has 0 fully saturated rings. The maximum atomic E-state index is 9.18. The Labute approximate surface area is 96.7 Å². The lowest BCUT2D eigenvalue weighted by Crippen LogP contribution is -2.22. The Balaban J connectivity index is 2.57. The number of aliphatic hydroxyl groups excluding tert-OH is 1. The third kappa shape index (κ3) is 3.56. The Morgan fingerprint density at radius 2 is 2.19 bits per heavy atom. The van der Waals surface area contributed by atoms with Gasteiger partial charge in [0.15, 0.2) is 0 Å². The van der Waals surface area contributed by atoms with Crippen molar-refractivity contribution in [2.24, 2.45) is 11.8 Å². The van der Waals surface area contributed by atoms with E-state index < -0.39 is 0 Å². The van der Waals surface area contributed by atoms with E-state index in [0.717, 1.165) is 12.2 Å². The molecule has 0 amide bonds. The predicted octanol–water partition coefficient (Wildman–Crippen LogP) is 2.23. The lowest BCUT2D eigenvalue weighted by molar-refractivity contribution is 0.198. The van der Waals surface area contributed by atoms with E-state index in [0.29, 0.717) is 11.5 Å². The number of benzene rings is 1. The molecule has 0 saturated heterocycles. The zero-order valence-corrected chi connectivity index (χ0v) is 9.77. The van der Waals surface area contributed by atoms with Crippen molar-refractivity contribution in [3.05, 3.63) is 29.8 Å². The van der Waals surface area contributed by atoms with Crippen molar-refractivity contribution in [1.82, 2.24) is 0 Å². The molecule has 1 aromatic rings. The topological polar surface area (TPSA) is 56.0 Å². The van der Waals surface area contributed by atoms with E-state index in [1.54, 1.807) is 6.07 Å². The van der Waals surface area contributed by atoms with Crippen molar-refractivity contribution in [2.45, 2.75) is 13.8 Å². The molecule has 16 heavy (non-hydrogen) atoms. The summed E-state index contributed by atoms with van der Waals surface area (Å²) in [5.41, 5.74) is 1.58. The van der Waals surface area contributed by atoms with Gasteiger partial charge in [0, 0.05) is 24.8 Å². The minimum absolute atomic E-state index is 0.183. The average molecular weight is 218 g/mol. The van der Waals surface area contributed by atoms with Gasteiger partial charge in [-0.15, -0.1) is 0 Å². The van der Waals surface area contributed by atoms with Crippen LogP contribution in [0.3, 0.4) is 0 Å². The largest absolute Gasteiger partial charge is 0.396 e. The van der Waals surface area contributed by atoms with Crippen LogP contribution < -0.4 is 5.32 Å². The molecule has 0 bridgehead atoms. The predicted molar refractivity (Wildman–Crippen MR) is 65.1 cm³/mol. The fraction of sp³-hybridized carbons (Fsp3) is 0.462. The molecule has 0 aromatic heterocycles. The van der Waals surface area contributed by atoms with Crippen LogP contribution in [-0.4, -0.2) is 18.3 Å². The molecule has 0 aliphatic heterocycles. The standard InChI is InChI=1S/C13H18N2O/c1-10(2)12(9-16)8-15-13-5-3-4-11(6-13)7-14/h3-6,10,12,15-16H,8-9H2,1-2H3. The molecule has 1 atom stereocenters. The molecule has 0 spiro atoms. The van der Waals surface area contributed by atoms with Gasteiger partial charge in [-0.2, -0.15) is 5.26 Å². The molecule has 2 N–H and O–H groups in total. The summed E-state index contributed by atoms with van der Waals surface area (Å²) < 4.78 is 0. The number of aliphatic hydroxyl groups is 1. The van der Waals surface area contributed by atoms with Crippen molar-refractivity contribution >= 4 is 5.69 Å². The van der Waals surface area contributed by atoms with Crippen molar-refractivity contribution in [1.29, 1.82) is 5.26 Å². The second-order valence-corrected chi connectivity index (χ2v) is 4.26. The second-order valence-electron chi connectivity index (χ2n) is 4.26. The Morgan fingerprint density at radius 1 is 1.44 bits per heavy atom. The van der Waals surface area contributed by atoms with E-state index in [9.17, 15) is 5.11 Å². The summed E-state index contributed by atoms with van der Waals surface area (Å²) in [6, 6.07) is 9.47. The Morgan fingerprint density at radius 3 is 2.75 bits per heavy atom. The quantitative estimate of drug-likeness (QED) is 0.796. The lowest BCUT2D eigenvalue weighted by atomic mass is 9.97. The molecule has 0 radical (unpaired) electrons. The third-order valence-electron chi connectivity index (χ3n) is 2.74. The highest BCUT2D eigenvalue weighted by molar-refractivity contribution is 5.49. The van der Waals surface area contributed by atoms with Gasteiger partial charge in [0.2, 0.25) is 0 Å². The minimum Gasteiger partial charge on any atom is -0.396 e. The summed E-state index contributed by atoms with van der Waals surface area (Å²) in [5.74, 6) is 0.683. The number of hydrogen-bond donors (Lipinski definition) is 2. The van der Waals surface area contributed by atoms with Crippen LogP contribution in [0.1, 0.15) is 19.4 Å². The van der Waals surface area contributed by atoms with E-state index in [4.69, 9.17) is 5.26 Å². The van der Waals surface area contributed by atoms with E-state index >= 15 is 0 Å². The molecule has 0 saturated carbocycles. The summed E-state index contributed by atoms with van der Waals surface area (Å²) in [6.07, 6.45) is 0. The number of nitriles is 1. The Hall–Kier alpha value is -1.53. The third-order valence-corrected chi connectivity index (χ3v) is 2.74. The first-order valence-electron chi connectivity index (χ1n) is 5.52. The van der Waals surface area contributed by atoms with Gasteiger partial charge in [0.05, 0.1) is 11.6 Å². The number of anilines is 1. The van der Waals surface area contributed by atoms with Crippen LogP contribution in [0.2, 0.25) is 0 Å². The molecule has 3 nitrogen and oxygen atoms in total. The van der Waals surface area contributed by atoms with Crippen molar-refractivity contribution < 1.29 is 5.11 Å². The molecule has 0 aliphatic carbocycles. The van der Waals surface area contributed by atoms with Crippen LogP contribution in [0.4, 0.5) is 5.69 Å². The minimum atomic E-state index is 0.183. The number of hydrogen-bond acceptors (Lipinski definition) is 3. The molecule has 1 aromatic carbocycles. The summed E-state index contributed by atoms with van der Waals surface area (Å²) >= 11 is 0. The first-order chi connectivity index (χ1) is 7.67. The summed E-state index contributed by atoms with van der Waals surface area (Å²) in [6.45, 7) is 5.09. The molecule has 1 rings (SSSR count). The van der Waals surface area contributed by atoms with Gasteiger partial charge < -0.3 is 10.4 Å². The zero-order valence-electron chi connectivity index (χ0n) is 9.77. The van der Waals surface area contributed by atoms with Gasteiger partial charge in [-0.1, -0.05) is 19.9 Å². The molecule has 1 unspecified atom stereocenters. The zero-order chi connectivity index (χ0) is 12.0. The number of rotatable bonds is 5. The van der Waals surface area contributed by atoms with Gasteiger partial charge >= 0.3 is 0 Å². The average Bonchev–Trinajstić information content (AvgIpc) is 2.29. The SMILES string of the molecule is CC(C)C(CO)CNc1cccc(C#N)c1. The highest BCUT2D eigenvalue weighted by Crippen LogP contribution is 2.14. The molecule has 3 heteroatoms. The lowest BCUT2D eigenvalue weighted by Gasteiger charge is -2.19. The molecule has 0 aliphatic rings. The first-order valence-corrected chi connectivity index (χ1v) is 5.52. The van der Waals surface area contributed by atoms with Gasteiger partial charge in [-0.05, 0) is 24.1 Å². The van der Waals surface area contributed by atoms with Crippen molar-refractivity contribution in [3.8, 4) is 6.07 Å². The van der Waals surface area contributed by atoms with Crippen molar-refractivity contribution in [3.63, 3.8) is 0 Å². The second kappa shape index (κ2) is 6.14. The fourth-order valence-corrected chi connectivity index (χ4v) is 1.46. The number of nitrogens with zero attached hydrogens (tertiary/aromatic N) is 1. The van der Waals surface area contributed by atoms with Gasteiger partial charge in [-0.3, -0.25) is 0 Å². The van der Waals surface area contributed by atoms with Gasteiger partial charge in [0.25, 0.3) is 0 Å². The Bertz CT molecular complexity index is 368. The fourth-order valence-electron chi connectivity index (χ4n) is 1.46. The van der Waals surface area contributed by atoms with Crippen LogP contribution in [-0.2, 0) is 0 Å². The van der Waals surface area contributed by atoms with Crippen LogP contribution in [0.5, 0.6) is 0 Å². The number of nitrogens with one attached hydrogen (secondary N) is 1. The molecular weight excluding hydrogens is 200 g/mol. The van der Waals surface area contributed by atoms with Crippen LogP contribution in [0.25, 0.3) is 0 Å². The van der Waals surface area contributed by atoms with Crippen LogP contribution in [0, 0.1) is 23.2 Å². The summed E-state index contributed by atoms with van der Waals surface area (Å²) in [4.78, 5) is 0. The maximum Gasteiger partial charge on any atom is 0.0992 e. The normalized spacial score (nSPS) is 12.2. The Kier molecular flexibility index (Phi) is 4.81. The van der Waals surface area contributed by atoms with Crippen molar-refractivity contribution in [2.75, 3.05) is 18.5 Å². The van der Waals surface area contributed by atoms with Gasteiger partial charge in [0.1, 0.15) is 0 Å². The van der Waals surface area contributed by atoms with Crippen LogP contribution >= 0.6 is 0 Å². The van der Waals surface area contributed by atoms with Crippen LogP contribution in [0.15, 0.2) is 24.3 Å². The maximum absolute atomic E-state index is 9.18. The highest BCUT2D eigenvalue weighted by Gasteiger charge is 2.11. The van der Waals surface area contributed by atoms with E-state index in [2.05, 4.69) is 25.2 Å². The van der Waals surface area contributed by atoms with E-state index in [1.807, 2.05) is 18.2 Å².